The number of halogens is 1. The van der Waals surface area contributed by atoms with Crippen LogP contribution in [-0.4, -0.2) is 40.2 Å². The number of hydrogen-bond donors (Lipinski definition) is 2. The highest BCUT2D eigenvalue weighted by Crippen LogP contribution is 2.28. The molecule has 0 fully saturated rings. The van der Waals surface area contributed by atoms with Crippen molar-refractivity contribution >= 4 is 44.7 Å². The quantitative estimate of drug-likeness (QED) is 0.710. The highest BCUT2D eigenvalue weighted by molar-refractivity contribution is 7.90. The largest absolute Gasteiger partial charge is 0.465 e. The van der Waals surface area contributed by atoms with Gasteiger partial charge in [-0.25, -0.2) is 13.2 Å². The predicted molar refractivity (Wildman–Crippen MR) is 104 cm³/mol. The maximum absolute atomic E-state index is 12.3. The molecular formula is C18H19ClN2O5S. The van der Waals surface area contributed by atoms with Crippen molar-refractivity contribution in [1.82, 2.24) is 0 Å². The van der Waals surface area contributed by atoms with E-state index in [-0.39, 0.29) is 22.0 Å². The fraction of sp³-hybridized carbons (Fsp3) is 0.222. The molecule has 0 heterocycles. The molecule has 0 spiro atoms. The lowest BCUT2D eigenvalue weighted by molar-refractivity contribution is -0.114. The number of esters is 1. The third-order valence-corrected chi connectivity index (χ3v) is 5.21. The number of ether oxygens (including phenoxy) is 1. The van der Waals surface area contributed by atoms with Gasteiger partial charge < -0.3 is 15.4 Å². The molecule has 2 rings (SSSR count). The molecule has 0 aromatic heterocycles. The lowest BCUT2D eigenvalue weighted by Crippen LogP contribution is -2.23. The van der Waals surface area contributed by atoms with E-state index in [9.17, 15) is 18.0 Å². The summed E-state index contributed by atoms with van der Waals surface area (Å²) in [6.45, 7) is 1.47. The highest BCUT2D eigenvalue weighted by Gasteiger charge is 2.17. The summed E-state index contributed by atoms with van der Waals surface area (Å²) in [5.41, 5.74) is 1.44. The number of sulfone groups is 1. The van der Waals surface area contributed by atoms with Crippen LogP contribution in [0.15, 0.2) is 41.3 Å². The van der Waals surface area contributed by atoms with Gasteiger partial charge in [0.25, 0.3) is 0 Å². The minimum atomic E-state index is -3.46. The lowest BCUT2D eigenvalue weighted by Gasteiger charge is -2.14. The molecule has 144 valence electrons. The second kappa shape index (κ2) is 8.41. The normalized spacial score (nSPS) is 11.0. The maximum Gasteiger partial charge on any atom is 0.339 e. The van der Waals surface area contributed by atoms with Crippen molar-refractivity contribution < 1.29 is 22.7 Å². The number of nitrogens with one attached hydrogen (secondary N) is 2. The topological polar surface area (TPSA) is 102 Å². The fourth-order valence-corrected chi connectivity index (χ4v) is 3.76. The molecule has 0 saturated heterocycles. The number of carbonyl (C=O) groups excluding carboxylic acids is 2. The van der Waals surface area contributed by atoms with Gasteiger partial charge in [0.05, 0.1) is 29.8 Å². The summed E-state index contributed by atoms with van der Waals surface area (Å²) < 4.78 is 28.4. The first-order chi connectivity index (χ1) is 12.6. The number of hydrogen-bond acceptors (Lipinski definition) is 6. The molecule has 0 bridgehead atoms. The number of carbonyl (C=O) groups is 2. The number of benzene rings is 2. The summed E-state index contributed by atoms with van der Waals surface area (Å²) in [5, 5.41) is 5.73. The molecule has 0 aliphatic rings. The van der Waals surface area contributed by atoms with Crippen LogP contribution < -0.4 is 10.6 Å². The Morgan fingerprint density at radius 3 is 2.44 bits per heavy atom. The summed E-state index contributed by atoms with van der Waals surface area (Å²) in [6, 6.07) is 9.35. The molecule has 0 aliphatic carbocycles. The summed E-state index contributed by atoms with van der Waals surface area (Å²) in [5.74, 6) is -0.992. The van der Waals surface area contributed by atoms with Crippen molar-refractivity contribution in [3.63, 3.8) is 0 Å². The number of para-hydroxylation sites is 1. The number of methoxy groups -OCH3 is 1. The zero-order chi connectivity index (χ0) is 20.2. The third kappa shape index (κ3) is 5.21. The molecule has 0 radical (unpaired) electrons. The van der Waals surface area contributed by atoms with E-state index >= 15 is 0 Å². The van der Waals surface area contributed by atoms with Crippen LogP contribution in [0.25, 0.3) is 0 Å². The van der Waals surface area contributed by atoms with Crippen LogP contribution in [0.2, 0.25) is 5.02 Å². The molecule has 0 atom stereocenters. The van der Waals surface area contributed by atoms with Crippen molar-refractivity contribution in [2.45, 2.75) is 11.8 Å². The minimum Gasteiger partial charge on any atom is -0.465 e. The van der Waals surface area contributed by atoms with E-state index in [0.717, 1.165) is 6.26 Å². The predicted octanol–water partition coefficient (Wildman–Crippen LogP) is 2.89. The zero-order valence-corrected chi connectivity index (χ0v) is 16.6. The van der Waals surface area contributed by atoms with E-state index in [2.05, 4.69) is 15.4 Å². The number of anilines is 2. The lowest BCUT2D eigenvalue weighted by atomic mass is 10.1. The van der Waals surface area contributed by atoms with Crippen molar-refractivity contribution in [3.8, 4) is 0 Å². The van der Waals surface area contributed by atoms with Crippen LogP contribution in [-0.2, 0) is 19.4 Å². The third-order valence-electron chi connectivity index (χ3n) is 3.77. The van der Waals surface area contributed by atoms with Gasteiger partial charge in [-0.1, -0.05) is 23.7 Å². The minimum absolute atomic E-state index is 0.0916. The van der Waals surface area contributed by atoms with E-state index in [4.69, 9.17) is 11.6 Å². The van der Waals surface area contributed by atoms with E-state index in [0.29, 0.717) is 16.9 Å². The van der Waals surface area contributed by atoms with Crippen molar-refractivity contribution in [1.29, 1.82) is 0 Å². The molecule has 0 saturated carbocycles. The van der Waals surface area contributed by atoms with Gasteiger partial charge in [0.1, 0.15) is 0 Å². The smallest absolute Gasteiger partial charge is 0.339 e. The second-order valence-electron chi connectivity index (χ2n) is 5.79. The standard InChI is InChI=1S/C18H19ClN2O5S/c1-11-15(8-12(19)9-16(11)27(3,24)25)20-10-17(22)21-14-7-5-4-6-13(14)18(23)26-2/h4-9,20H,10H2,1-3H3,(H,21,22). The van der Waals surface area contributed by atoms with Crippen LogP contribution >= 0.6 is 11.6 Å². The molecule has 0 unspecified atom stereocenters. The van der Waals surface area contributed by atoms with E-state index in [1.165, 1.54) is 19.2 Å². The average molecular weight is 411 g/mol. The summed E-state index contributed by atoms with van der Waals surface area (Å²) >= 11 is 5.99. The first kappa shape index (κ1) is 20.7. The fourth-order valence-electron chi connectivity index (χ4n) is 2.47. The van der Waals surface area contributed by atoms with Gasteiger partial charge in [-0.05, 0) is 36.8 Å². The Labute approximate surface area is 162 Å². The molecule has 2 aromatic rings. The Balaban J connectivity index is 2.16. The van der Waals surface area contributed by atoms with Gasteiger partial charge in [0.15, 0.2) is 9.84 Å². The van der Waals surface area contributed by atoms with E-state index < -0.39 is 21.7 Å². The second-order valence-corrected chi connectivity index (χ2v) is 8.21. The van der Waals surface area contributed by atoms with Crippen LogP contribution in [0.1, 0.15) is 15.9 Å². The van der Waals surface area contributed by atoms with Gasteiger partial charge in [0.2, 0.25) is 5.91 Å². The molecular weight excluding hydrogens is 392 g/mol. The monoisotopic (exact) mass is 410 g/mol. The first-order valence-corrected chi connectivity index (χ1v) is 10.1. The van der Waals surface area contributed by atoms with Crippen LogP contribution in [0, 0.1) is 6.92 Å². The Morgan fingerprint density at radius 1 is 1.15 bits per heavy atom. The van der Waals surface area contributed by atoms with Crippen LogP contribution in [0.5, 0.6) is 0 Å². The van der Waals surface area contributed by atoms with Gasteiger partial charge in [-0.15, -0.1) is 0 Å². The number of rotatable bonds is 6. The molecule has 7 nitrogen and oxygen atoms in total. The summed E-state index contributed by atoms with van der Waals surface area (Å²) in [7, 11) is -2.21. The van der Waals surface area contributed by atoms with E-state index in [1.54, 1.807) is 31.2 Å². The molecule has 0 aliphatic heterocycles. The van der Waals surface area contributed by atoms with Crippen molar-refractivity contribution in [2.24, 2.45) is 0 Å². The van der Waals surface area contributed by atoms with Crippen LogP contribution in [0.4, 0.5) is 11.4 Å². The summed E-state index contributed by atoms with van der Waals surface area (Å²) in [6.07, 6.45) is 1.09. The SMILES string of the molecule is COC(=O)c1ccccc1NC(=O)CNc1cc(Cl)cc(S(C)(=O)=O)c1C. The zero-order valence-electron chi connectivity index (χ0n) is 15.0. The average Bonchev–Trinajstić information content (AvgIpc) is 2.61. The Morgan fingerprint density at radius 2 is 1.81 bits per heavy atom. The molecule has 1 amide bonds. The molecule has 27 heavy (non-hydrogen) atoms. The Hall–Kier alpha value is -2.58. The molecule has 2 aromatic carbocycles. The van der Waals surface area contributed by atoms with Crippen LogP contribution in [0.3, 0.4) is 0 Å². The first-order valence-electron chi connectivity index (χ1n) is 7.84. The van der Waals surface area contributed by atoms with Crippen molar-refractivity contribution in [2.75, 3.05) is 30.5 Å². The Bertz CT molecular complexity index is 989. The summed E-state index contributed by atoms with van der Waals surface area (Å²) in [4.78, 5) is 24.1. The molecule has 9 heteroatoms. The Kier molecular flexibility index (Phi) is 6.45. The van der Waals surface area contributed by atoms with E-state index in [1.807, 2.05) is 0 Å². The van der Waals surface area contributed by atoms with Gasteiger partial charge in [-0.3, -0.25) is 4.79 Å². The highest BCUT2D eigenvalue weighted by atomic mass is 35.5. The maximum atomic E-state index is 12.3. The number of amides is 1. The van der Waals surface area contributed by atoms with Gasteiger partial charge >= 0.3 is 5.97 Å². The van der Waals surface area contributed by atoms with Gasteiger partial charge in [-0.2, -0.15) is 0 Å². The van der Waals surface area contributed by atoms with Crippen molar-refractivity contribution in [3.05, 3.63) is 52.5 Å². The van der Waals surface area contributed by atoms with Gasteiger partial charge in [0, 0.05) is 17.0 Å². The molecule has 2 N–H and O–H groups in total.